The van der Waals surface area contributed by atoms with Gasteiger partial charge in [-0.25, -0.2) is 17.5 Å². The summed E-state index contributed by atoms with van der Waals surface area (Å²) in [6.45, 7) is 8.67. The minimum atomic E-state index is -4.83. The van der Waals surface area contributed by atoms with E-state index in [2.05, 4.69) is 20.8 Å². The van der Waals surface area contributed by atoms with E-state index >= 15 is 0 Å². The third-order valence-electron chi connectivity index (χ3n) is 12.5. The lowest BCUT2D eigenvalue weighted by molar-refractivity contribution is -0.203. The summed E-state index contributed by atoms with van der Waals surface area (Å²) in [5.41, 5.74) is -1.39. The zero-order chi connectivity index (χ0) is 31.7. The average Bonchev–Trinajstić information content (AvgIpc) is 3.26. The number of rotatable bonds is 6. The van der Waals surface area contributed by atoms with Gasteiger partial charge in [0, 0.05) is 6.42 Å². The maximum Gasteiger partial charge on any atom is 0.416 e. The van der Waals surface area contributed by atoms with Gasteiger partial charge < -0.3 is 10.2 Å². The Hall–Kier alpha value is -1.72. The van der Waals surface area contributed by atoms with E-state index in [0.29, 0.717) is 18.1 Å². The van der Waals surface area contributed by atoms with Gasteiger partial charge in [-0.3, -0.25) is 4.79 Å². The van der Waals surface area contributed by atoms with Crippen LogP contribution in [0.25, 0.3) is 0 Å². The molecule has 4 saturated carbocycles. The minimum Gasteiger partial charge on any atom is -0.393 e. The fraction of sp³-hybridized carbons (Fsp3) is 0.781. The number of aliphatic hydroxyl groups excluding tert-OH is 2. The summed E-state index contributed by atoms with van der Waals surface area (Å²) in [5, 5.41) is 22.3. The topological polar surface area (TPSA) is 104 Å². The van der Waals surface area contributed by atoms with Crippen molar-refractivity contribution in [1.29, 1.82) is 0 Å². The Morgan fingerprint density at radius 3 is 2.33 bits per heavy atom. The molecule has 3 N–H and O–H groups in total. The first kappa shape index (κ1) is 32.7. The van der Waals surface area contributed by atoms with Gasteiger partial charge in [0.05, 0.1) is 17.8 Å². The molecule has 0 bridgehead atoms. The lowest BCUT2D eigenvalue weighted by atomic mass is 9.41. The van der Waals surface area contributed by atoms with Gasteiger partial charge in [-0.15, -0.1) is 0 Å². The van der Waals surface area contributed by atoms with Crippen LogP contribution in [0, 0.1) is 58.1 Å². The summed E-state index contributed by atoms with van der Waals surface area (Å²) in [4.78, 5) is 11.9. The molecule has 11 heteroatoms. The van der Waals surface area contributed by atoms with E-state index in [1.165, 1.54) is 0 Å². The predicted molar refractivity (Wildman–Crippen MR) is 152 cm³/mol. The molecule has 4 fully saturated rings. The molecule has 0 aromatic heterocycles. The molecule has 1 amide bonds. The van der Waals surface area contributed by atoms with Crippen LogP contribution in [0.3, 0.4) is 0 Å². The summed E-state index contributed by atoms with van der Waals surface area (Å²) < 4.78 is 80.4. The van der Waals surface area contributed by atoms with Gasteiger partial charge >= 0.3 is 6.18 Å². The van der Waals surface area contributed by atoms with E-state index in [1.54, 1.807) is 0 Å². The highest BCUT2D eigenvalue weighted by molar-refractivity contribution is 7.90. The molecule has 5 unspecified atom stereocenters. The molecule has 242 valence electrons. The molecule has 1 aromatic rings. The number of carbonyl (C=O) groups is 1. The monoisotopic (exact) mass is 631 g/mol. The number of amides is 1. The average molecular weight is 632 g/mol. The first-order valence-corrected chi connectivity index (χ1v) is 17.2. The van der Waals surface area contributed by atoms with Gasteiger partial charge in [0.2, 0.25) is 5.91 Å². The molecular weight excluding hydrogens is 586 g/mol. The number of halogens is 4. The van der Waals surface area contributed by atoms with Crippen molar-refractivity contribution in [2.75, 3.05) is 0 Å². The van der Waals surface area contributed by atoms with E-state index in [0.717, 1.165) is 51.4 Å². The van der Waals surface area contributed by atoms with E-state index in [9.17, 15) is 41.0 Å². The fourth-order valence-electron chi connectivity index (χ4n) is 10.5. The zero-order valence-electron chi connectivity index (χ0n) is 25.3. The molecule has 0 spiro atoms. The van der Waals surface area contributed by atoms with Crippen LogP contribution in [0.2, 0.25) is 0 Å². The molecule has 0 saturated heterocycles. The second-order valence-corrected chi connectivity index (χ2v) is 16.1. The molecule has 4 aliphatic rings. The fourth-order valence-corrected chi connectivity index (χ4v) is 11.6. The van der Waals surface area contributed by atoms with Gasteiger partial charge in [0.15, 0.2) is 0 Å². The van der Waals surface area contributed by atoms with Gasteiger partial charge in [-0.05, 0) is 115 Å². The number of benzene rings is 1. The highest BCUT2D eigenvalue weighted by Gasteiger charge is 2.65. The Morgan fingerprint density at radius 2 is 1.70 bits per heavy atom. The number of fused-ring (bicyclic) bond motifs is 5. The van der Waals surface area contributed by atoms with Crippen LogP contribution in [0.4, 0.5) is 17.6 Å². The van der Waals surface area contributed by atoms with Crippen molar-refractivity contribution in [3.8, 4) is 0 Å². The van der Waals surface area contributed by atoms with E-state index < -0.39 is 44.5 Å². The Kier molecular flexibility index (Phi) is 8.56. The van der Waals surface area contributed by atoms with Gasteiger partial charge in [-0.2, -0.15) is 13.2 Å². The Labute approximate surface area is 252 Å². The van der Waals surface area contributed by atoms with Crippen molar-refractivity contribution in [2.24, 2.45) is 52.3 Å². The zero-order valence-corrected chi connectivity index (χ0v) is 26.1. The summed E-state index contributed by atoms with van der Waals surface area (Å²) >= 11 is 0. The van der Waals surface area contributed by atoms with E-state index in [-0.39, 0.29) is 64.9 Å². The summed E-state index contributed by atoms with van der Waals surface area (Å²) in [5.74, 6) is -1.31. The smallest absolute Gasteiger partial charge is 0.393 e. The SMILES string of the molecule is CC[C@H]1C(O)C2C3CC[C@H]([C@H](C)CC(=O)NS(=O)(=O)c4ccc(C(F)(F)F)cc4F)[C@@]3(C)CCC2[C@@]2(C)CCC(O)C[C@@H]12. The third-order valence-corrected chi connectivity index (χ3v) is 13.9. The van der Waals surface area contributed by atoms with Gasteiger partial charge in [-0.1, -0.05) is 34.1 Å². The van der Waals surface area contributed by atoms with Crippen LogP contribution >= 0.6 is 0 Å². The van der Waals surface area contributed by atoms with Gasteiger partial charge in [0.1, 0.15) is 10.7 Å². The quantitative estimate of drug-likeness (QED) is 0.320. The highest BCUT2D eigenvalue weighted by Crippen LogP contribution is 2.69. The van der Waals surface area contributed by atoms with Crippen molar-refractivity contribution < 1.29 is 41.0 Å². The maximum atomic E-state index is 14.4. The normalized spacial score (nSPS) is 40.2. The maximum absolute atomic E-state index is 14.4. The number of sulfonamides is 1. The molecular formula is C32H45F4NO5S. The van der Waals surface area contributed by atoms with Crippen LogP contribution < -0.4 is 4.72 Å². The van der Waals surface area contributed by atoms with Gasteiger partial charge in [0.25, 0.3) is 10.0 Å². The lowest BCUT2D eigenvalue weighted by Gasteiger charge is -2.64. The van der Waals surface area contributed by atoms with Crippen LogP contribution in [0.5, 0.6) is 0 Å². The first-order chi connectivity index (χ1) is 19.9. The van der Waals surface area contributed by atoms with Crippen LogP contribution in [-0.2, 0) is 21.0 Å². The van der Waals surface area contributed by atoms with Crippen molar-refractivity contribution in [3.05, 3.63) is 29.6 Å². The largest absolute Gasteiger partial charge is 0.416 e. The first-order valence-electron chi connectivity index (χ1n) is 15.7. The number of alkyl halides is 3. The van der Waals surface area contributed by atoms with Crippen molar-refractivity contribution in [3.63, 3.8) is 0 Å². The van der Waals surface area contributed by atoms with Crippen LogP contribution in [0.1, 0.15) is 91.0 Å². The highest BCUT2D eigenvalue weighted by atomic mass is 32.2. The Balaban J connectivity index is 1.30. The second kappa shape index (κ2) is 11.3. The number of hydrogen-bond donors (Lipinski definition) is 3. The van der Waals surface area contributed by atoms with E-state index in [4.69, 9.17) is 0 Å². The second-order valence-electron chi connectivity index (χ2n) is 14.5. The molecule has 43 heavy (non-hydrogen) atoms. The number of nitrogens with one attached hydrogen (secondary N) is 1. The minimum absolute atomic E-state index is 0.0661. The van der Waals surface area contributed by atoms with Crippen LogP contribution in [-0.4, -0.2) is 36.7 Å². The Morgan fingerprint density at radius 1 is 1.05 bits per heavy atom. The number of hydrogen-bond acceptors (Lipinski definition) is 5. The Bertz CT molecular complexity index is 1340. The summed E-state index contributed by atoms with van der Waals surface area (Å²) in [6, 6.07) is 1.11. The number of carbonyl (C=O) groups excluding carboxylic acids is 1. The molecule has 5 rings (SSSR count). The van der Waals surface area contributed by atoms with E-state index in [1.807, 2.05) is 11.6 Å². The third kappa shape index (κ3) is 5.53. The summed E-state index contributed by atoms with van der Waals surface area (Å²) in [7, 11) is -4.71. The molecule has 11 atom stereocenters. The molecule has 4 aliphatic carbocycles. The van der Waals surface area contributed by atoms with Crippen molar-refractivity contribution in [2.45, 2.75) is 109 Å². The van der Waals surface area contributed by atoms with Crippen LogP contribution in [0.15, 0.2) is 23.1 Å². The molecule has 0 aliphatic heterocycles. The standard InChI is InChI=1S/C32H45F4NO5S/c1-5-20-24-16-19(38)10-12-31(24,4)23-11-13-30(3)21(7-8-22(30)28(23)29(20)40)17(2)14-27(39)37-43(41,42)26-9-6-18(15-25(26)33)32(34,35)36/h6,9,15,17,19-24,28-29,38,40H,5,7-8,10-14,16H2,1-4H3,(H,37,39)/t17-,19?,20-,21-,22?,23?,24+,28?,29?,30-,31-/m1/s1. The lowest BCUT2D eigenvalue weighted by Crippen LogP contribution is -2.62. The van der Waals surface area contributed by atoms with Crippen molar-refractivity contribution >= 4 is 15.9 Å². The molecule has 1 aromatic carbocycles. The molecule has 0 radical (unpaired) electrons. The van der Waals surface area contributed by atoms with Crippen molar-refractivity contribution in [1.82, 2.24) is 4.72 Å². The molecule has 6 nitrogen and oxygen atoms in total. The predicted octanol–water partition coefficient (Wildman–Crippen LogP) is 6.30. The summed E-state index contributed by atoms with van der Waals surface area (Å²) in [6.07, 6.45) is 1.29. The number of aliphatic hydroxyl groups is 2. The molecule has 0 heterocycles.